The fraction of sp³-hybridized carbons (Fsp3) is 0.200. The van der Waals surface area contributed by atoms with Crippen LogP contribution in [-0.4, -0.2) is 19.4 Å². The number of anilines is 1. The van der Waals surface area contributed by atoms with Crippen LogP contribution in [0.25, 0.3) is 0 Å². The number of benzene rings is 2. The van der Waals surface area contributed by atoms with Crippen LogP contribution >= 0.6 is 23.4 Å². The molecule has 0 saturated carbocycles. The molecule has 0 fully saturated rings. The van der Waals surface area contributed by atoms with Gasteiger partial charge in [-0.15, -0.1) is 11.8 Å². The third kappa shape index (κ3) is 4.69. The van der Waals surface area contributed by atoms with Crippen molar-refractivity contribution in [3.63, 3.8) is 0 Å². The quantitative estimate of drug-likeness (QED) is 0.623. The lowest BCUT2D eigenvalue weighted by molar-refractivity contribution is 0.333. The molecule has 0 radical (unpaired) electrons. The molecule has 0 saturated heterocycles. The smallest absolute Gasteiger partial charge is 0.119 e. The Labute approximate surface area is 123 Å². The minimum Gasteiger partial charge on any atom is -0.492 e. The number of rotatable bonds is 6. The zero-order valence-electron chi connectivity index (χ0n) is 10.7. The van der Waals surface area contributed by atoms with Gasteiger partial charge in [0.15, 0.2) is 0 Å². The Morgan fingerprint density at radius 3 is 2.68 bits per heavy atom. The Morgan fingerprint density at radius 2 is 1.95 bits per heavy atom. The fourth-order valence-corrected chi connectivity index (χ4v) is 2.21. The Hall–Kier alpha value is -1.32. The first-order chi connectivity index (χ1) is 9.28. The number of hydrogen-bond donors (Lipinski definition) is 1. The minimum atomic E-state index is 0.616. The summed E-state index contributed by atoms with van der Waals surface area (Å²) in [6, 6.07) is 15.7. The zero-order valence-corrected chi connectivity index (χ0v) is 12.3. The van der Waals surface area contributed by atoms with Gasteiger partial charge in [-0.25, -0.2) is 0 Å². The molecule has 4 heteroatoms. The molecule has 0 bridgehead atoms. The van der Waals surface area contributed by atoms with Crippen molar-refractivity contribution in [2.45, 2.75) is 4.90 Å². The third-order valence-corrected chi connectivity index (χ3v) is 3.56. The lowest BCUT2D eigenvalue weighted by Crippen LogP contribution is -2.11. The van der Waals surface area contributed by atoms with E-state index >= 15 is 0 Å². The Bertz CT molecular complexity index is 516. The highest BCUT2D eigenvalue weighted by Crippen LogP contribution is 2.19. The van der Waals surface area contributed by atoms with Gasteiger partial charge in [-0.1, -0.05) is 17.7 Å². The van der Waals surface area contributed by atoms with Gasteiger partial charge in [0.1, 0.15) is 12.4 Å². The molecular weight excluding hydrogens is 278 g/mol. The summed E-state index contributed by atoms with van der Waals surface area (Å²) in [5.74, 6) is 0.837. The van der Waals surface area contributed by atoms with Gasteiger partial charge in [0.2, 0.25) is 0 Å². The number of thioether (sulfide) groups is 1. The van der Waals surface area contributed by atoms with E-state index in [0.29, 0.717) is 6.61 Å². The van der Waals surface area contributed by atoms with Crippen molar-refractivity contribution in [2.75, 3.05) is 24.7 Å². The first kappa shape index (κ1) is 14.1. The lowest BCUT2D eigenvalue weighted by atomic mass is 10.3. The summed E-state index contributed by atoms with van der Waals surface area (Å²) >= 11 is 7.55. The molecule has 0 aliphatic carbocycles. The molecule has 2 aromatic carbocycles. The maximum Gasteiger partial charge on any atom is 0.119 e. The summed E-state index contributed by atoms with van der Waals surface area (Å²) in [5, 5.41) is 4.06. The topological polar surface area (TPSA) is 21.3 Å². The van der Waals surface area contributed by atoms with Crippen LogP contribution in [0.2, 0.25) is 5.02 Å². The Balaban J connectivity index is 1.75. The average Bonchev–Trinajstić information content (AvgIpc) is 2.46. The largest absolute Gasteiger partial charge is 0.492 e. The van der Waals surface area contributed by atoms with Gasteiger partial charge in [-0.3, -0.25) is 0 Å². The second kappa shape index (κ2) is 7.31. The highest BCUT2D eigenvalue weighted by Gasteiger charge is 1.96. The molecule has 1 N–H and O–H groups in total. The maximum atomic E-state index is 5.81. The van der Waals surface area contributed by atoms with E-state index in [9.17, 15) is 0 Å². The van der Waals surface area contributed by atoms with Gasteiger partial charge in [-0.05, 0) is 48.7 Å². The van der Waals surface area contributed by atoms with Gasteiger partial charge in [0, 0.05) is 22.2 Å². The van der Waals surface area contributed by atoms with Crippen molar-refractivity contribution in [2.24, 2.45) is 0 Å². The average molecular weight is 294 g/mol. The first-order valence-corrected chi connectivity index (χ1v) is 7.64. The molecule has 2 nitrogen and oxygen atoms in total. The van der Waals surface area contributed by atoms with Crippen molar-refractivity contribution < 1.29 is 4.74 Å². The second-order valence-electron chi connectivity index (χ2n) is 3.96. The molecular formula is C15H16ClNOS. The lowest BCUT2D eigenvalue weighted by Gasteiger charge is -2.09. The summed E-state index contributed by atoms with van der Waals surface area (Å²) in [4.78, 5) is 1.25. The Kier molecular flexibility index (Phi) is 5.43. The molecule has 19 heavy (non-hydrogen) atoms. The van der Waals surface area contributed by atoms with Crippen LogP contribution in [-0.2, 0) is 0 Å². The van der Waals surface area contributed by atoms with E-state index in [4.69, 9.17) is 16.3 Å². The van der Waals surface area contributed by atoms with Gasteiger partial charge in [0.05, 0.1) is 0 Å². The molecule has 0 aliphatic heterocycles. The maximum absolute atomic E-state index is 5.81. The van der Waals surface area contributed by atoms with Crippen LogP contribution in [0.15, 0.2) is 53.4 Å². The van der Waals surface area contributed by atoms with Crippen LogP contribution in [0, 0.1) is 0 Å². The normalized spacial score (nSPS) is 10.2. The SMILES string of the molecule is CSc1cccc(NCCOc2ccc(Cl)cc2)c1. The molecule has 0 amide bonds. The predicted octanol–water partition coefficient (Wildman–Crippen LogP) is 4.55. The van der Waals surface area contributed by atoms with E-state index in [-0.39, 0.29) is 0 Å². The van der Waals surface area contributed by atoms with Crippen LogP contribution in [0.5, 0.6) is 5.75 Å². The predicted molar refractivity (Wildman–Crippen MR) is 83.7 cm³/mol. The minimum absolute atomic E-state index is 0.616. The summed E-state index contributed by atoms with van der Waals surface area (Å²) in [7, 11) is 0. The van der Waals surface area contributed by atoms with Crippen molar-refractivity contribution in [3.05, 3.63) is 53.6 Å². The molecule has 0 atom stereocenters. The number of nitrogens with one attached hydrogen (secondary N) is 1. The summed E-state index contributed by atoms with van der Waals surface area (Å²) in [5.41, 5.74) is 1.12. The summed E-state index contributed by atoms with van der Waals surface area (Å²) in [6.07, 6.45) is 2.07. The fourth-order valence-electron chi connectivity index (χ4n) is 1.63. The molecule has 0 aliphatic rings. The standard InChI is InChI=1S/C15H16ClNOS/c1-19-15-4-2-3-13(11-15)17-9-10-18-14-7-5-12(16)6-8-14/h2-8,11,17H,9-10H2,1H3. The molecule has 2 rings (SSSR count). The van der Waals surface area contributed by atoms with E-state index in [0.717, 1.165) is 23.0 Å². The molecule has 0 unspecified atom stereocenters. The van der Waals surface area contributed by atoms with Crippen molar-refractivity contribution in [3.8, 4) is 5.75 Å². The van der Waals surface area contributed by atoms with E-state index in [1.807, 2.05) is 30.3 Å². The van der Waals surface area contributed by atoms with Gasteiger partial charge in [0.25, 0.3) is 0 Å². The van der Waals surface area contributed by atoms with E-state index < -0.39 is 0 Å². The molecule has 2 aromatic rings. The van der Waals surface area contributed by atoms with Crippen molar-refractivity contribution in [1.29, 1.82) is 0 Å². The molecule has 0 heterocycles. The highest BCUT2D eigenvalue weighted by atomic mass is 35.5. The third-order valence-electron chi connectivity index (χ3n) is 2.58. The molecule has 0 aromatic heterocycles. The Morgan fingerprint density at radius 1 is 1.16 bits per heavy atom. The van der Waals surface area contributed by atoms with E-state index in [1.165, 1.54) is 4.90 Å². The first-order valence-electron chi connectivity index (χ1n) is 6.04. The monoisotopic (exact) mass is 293 g/mol. The van der Waals surface area contributed by atoms with Gasteiger partial charge in [-0.2, -0.15) is 0 Å². The van der Waals surface area contributed by atoms with Crippen LogP contribution in [0.4, 0.5) is 5.69 Å². The van der Waals surface area contributed by atoms with Crippen LogP contribution in [0.3, 0.4) is 0 Å². The zero-order chi connectivity index (χ0) is 13.5. The molecule has 100 valence electrons. The number of ether oxygens (including phenoxy) is 1. The summed E-state index contributed by atoms with van der Waals surface area (Å²) < 4.78 is 5.61. The van der Waals surface area contributed by atoms with E-state index in [2.05, 4.69) is 29.8 Å². The van der Waals surface area contributed by atoms with Crippen molar-refractivity contribution in [1.82, 2.24) is 0 Å². The van der Waals surface area contributed by atoms with Crippen molar-refractivity contribution >= 4 is 29.1 Å². The highest BCUT2D eigenvalue weighted by molar-refractivity contribution is 7.98. The summed E-state index contributed by atoms with van der Waals surface area (Å²) in [6.45, 7) is 1.38. The number of hydrogen-bond acceptors (Lipinski definition) is 3. The number of halogens is 1. The van der Waals surface area contributed by atoms with Gasteiger partial charge < -0.3 is 10.1 Å². The second-order valence-corrected chi connectivity index (χ2v) is 5.28. The van der Waals surface area contributed by atoms with Crippen LogP contribution in [0.1, 0.15) is 0 Å². The molecule has 0 spiro atoms. The van der Waals surface area contributed by atoms with E-state index in [1.54, 1.807) is 11.8 Å². The van der Waals surface area contributed by atoms with Crippen LogP contribution < -0.4 is 10.1 Å². The van der Waals surface area contributed by atoms with Gasteiger partial charge >= 0.3 is 0 Å².